The predicted molar refractivity (Wildman–Crippen MR) is 103 cm³/mol. The average Bonchev–Trinajstić information content (AvgIpc) is 2.74. The van der Waals surface area contributed by atoms with E-state index in [2.05, 4.69) is 20.4 Å². The zero-order valence-corrected chi connectivity index (χ0v) is 15.9. The van der Waals surface area contributed by atoms with Crippen LogP contribution in [0.15, 0.2) is 18.2 Å². The molecule has 28 heavy (non-hydrogen) atoms. The number of fused-ring (bicyclic) bond motifs is 1. The molecule has 2 aliphatic rings. The number of nitrogens with one attached hydrogen (secondary N) is 1. The highest BCUT2D eigenvalue weighted by Crippen LogP contribution is 2.37. The number of nitriles is 1. The lowest BCUT2D eigenvalue weighted by atomic mass is 9.93. The third-order valence-electron chi connectivity index (χ3n) is 5.80. The van der Waals surface area contributed by atoms with E-state index >= 15 is 0 Å². The van der Waals surface area contributed by atoms with Gasteiger partial charge in [0.25, 0.3) is 6.43 Å². The van der Waals surface area contributed by atoms with E-state index in [0.717, 1.165) is 62.3 Å². The summed E-state index contributed by atoms with van der Waals surface area (Å²) in [6.45, 7) is 4.88. The van der Waals surface area contributed by atoms with Crippen molar-refractivity contribution < 1.29 is 8.78 Å². The van der Waals surface area contributed by atoms with Crippen molar-refractivity contribution in [2.24, 2.45) is 0 Å². The number of halogens is 2. The lowest BCUT2D eigenvalue weighted by molar-refractivity contribution is 0.152. The summed E-state index contributed by atoms with van der Waals surface area (Å²) in [7, 11) is 0. The van der Waals surface area contributed by atoms with Gasteiger partial charge in [-0.2, -0.15) is 5.26 Å². The summed E-state index contributed by atoms with van der Waals surface area (Å²) in [4.78, 5) is 2.33. The van der Waals surface area contributed by atoms with E-state index in [1.165, 1.54) is 6.07 Å². The van der Waals surface area contributed by atoms with Gasteiger partial charge in [-0.3, -0.25) is 0 Å². The molecule has 5 nitrogen and oxygen atoms in total. The van der Waals surface area contributed by atoms with Gasteiger partial charge in [-0.05, 0) is 56.8 Å². The van der Waals surface area contributed by atoms with Crippen molar-refractivity contribution in [3.63, 3.8) is 0 Å². The standard InChI is InChI=1S/C21H23F2N5/c1-13-16-5-3-9-28(15-4-2-8-25-12-15)21(16)27-26-19(13)17-7-6-14(11-24)10-18(17)20(22)23/h6-7,10,15,20,25H,2-5,8-9,12H2,1H3. The van der Waals surface area contributed by atoms with Crippen molar-refractivity contribution in [1.82, 2.24) is 15.5 Å². The Morgan fingerprint density at radius 1 is 1.29 bits per heavy atom. The van der Waals surface area contributed by atoms with Crippen molar-refractivity contribution in [3.05, 3.63) is 40.5 Å². The fourth-order valence-corrected chi connectivity index (χ4v) is 4.34. The fourth-order valence-electron chi connectivity index (χ4n) is 4.34. The van der Waals surface area contributed by atoms with Crippen molar-refractivity contribution >= 4 is 5.82 Å². The van der Waals surface area contributed by atoms with Gasteiger partial charge >= 0.3 is 0 Å². The van der Waals surface area contributed by atoms with Gasteiger partial charge in [0.2, 0.25) is 0 Å². The summed E-state index contributed by atoms with van der Waals surface area (Å²) < 4.78 is 27.3. The number of anilines is 1. The molecule has 1 aromatic carbocycles. The van der Waals surface area contributed by atoms with Crippen LogP contribution in [0, 0.1) is 18.3 Å². The first-order valence-electron chi connectivity index (χ1n) is 9.76. The van der Waals surface area contributed by atoms with E-state index in [1.54, 1.807) is 12.1 Å². The van der Waals surface area contributed by atoms with E-state index in [9.17, 15) is 8.78 Å². The van der Waals surface area contributed by atoms with Crippen LogP contribution >= 0.6 is 0 Å². The van der Waals surface area contributed by atoms with Crippen LogP contribution in [-0.4, -0.2) is 35.9 Å². The topological polar surface area (TPSA) is 64.8 Å². The van der Waals surface area contributed by atoms with Crippen LogP contribution in [0.1, 0.15) is 47.9 Å². The molecule has 0 spiro atoms. The number of aromatic nitrogens is 2. The highest BCUT2D eigenvalue weighted by molar-refractivity contribution is 5.71. The van der Waals surface area contributed by atoms with Gasteiger partial charge in [0.1, 0.15) is 0 Å². The number of alkyl halides is 2. The molecule has 1 atom stereocenters. The molecule has 4 rings (SSSR count). The Morgan fingerprint density at radius 3 is 2.86 bits per heavy atom. The molecule has 0 bridgehead atoms. The first kappa shape index (κ1) is 18.8. The number of hydrogen-bond donors (Lipinski definition) is 1. The molecule has 1 fully saturated rings. The second-order valence-electron chi connectivity index (χ2n) is 7.49. The lowest BCUT2D eigenvalue weighted by Crippen LogP contribution is -2.48. The van der Waals surface area contributed by atoms with Gasteiger partial charge in [-0.25, -0.2) is 8.78 Å². The Kier molecular flexibility index (Phi) is 5.23. The van der Waals surface area contributed by atoms with Crippen LogP contribution in [0.3, 0.4) is 0 Å². The van der Waals surface area contributed by atoms with Crippen LogP contribution in [0.4, 0.5) is 14.6 Å². The maximum atomic E-state index is 13.6. The molecule has 0 aliphatic carbocycles. The number of hydrogen-bond acceptors (Lipinski definition) is 5. The Balaban J connectivity index is 1.77. The Morgan fingerprint density at radius 2 is 2.14 bits per heavy atom. The van der Waals surface area contributed by atoms with Crippen LogP contribution < -0.4 is 10.2 Å². The molecule has 1 saturated heterocycles. The summed E-state index contributed by atoms with van der Waals surface area (Å²) in [5.74, 6) is 0.897. The minimum absolute atomic E-state index is 0.166. The van der Waals surface area contributed by atoms with Gasteiger partial charge < -0.3 is 10.2 Å². The summed E-state index contributed by atoms with van der Waals surface area (Å²) in [6.07, 6.45) is 1.49. The molecule has 0 radical (unpaired) electrons. The zero-order chi connectivity index (χ0) is 19.7. The van der Waals surface area contributed by atoms with E-state index in [4.69, 9.17) is 5.26 Å². The summed E-state index contributed by atoms with van der Waals surface area (Å²) >= 11 is 0. The quantitative estimate of drug-likeness (QED) is 0.874. The summed E-state index contributed by atoms with van der Waals surface area (Å²) in [6, 6.07) is 6.70. The maximum absolute atomic E-state index is 13.6. The van der Waals surface area contributed by atoms with Crippen molar-refractivity contribution in [3.8, 4) is 17.3 Å². The molecule has 7 heteroatoms. The van der Waals surface area contributed by atoms with Crippen molar-refractivity contribution in [2.45, 2.75) is 45.1 Å². The first-order chi connectivity index (χ1) is 13.6. The SMILES string of the molecule is Cc1c(-c2ccc(C#N)cc2C(F)F)nnc2c1CCCN2C1CCCNC1. The molecule has 1 unspecified atom stereocenters. The maximum Gasteiger partial charge on any atom is 0.264 e. The molecule has 0 saturated carbocycles. The number of rotatable bonds is 3. The van der Waals surface area contributed by atoms with Gasteiger partial charge in [0.15, 0.2) is 5.82 Å². The minimum atomic E-state index is -2.68. The smallest absolute Gasteiger partial charge is 0.264 e. The summed E-state index contributed by atoms with van der Waals surface area (Å²) in [5.41, 5.74) is 2.91. The van der Waals surface area contributed by atoms with Crippen molar-refractivity contribution in [2.75, 3.05) is 24.5 Å². The van der Waals surface area contributed by atoms with E-state index in [-0.39, 0.29) is 11.1 Å². The monoisotopic (exact) mass is 383 g/mol. The van der Waals surface area contributed by atoms with E-state index in [0.29, 0.717) is 17.3 Å². The third kappa shape index (κ3) is 3.33. The molecule has 0 amide bonds. The van der Waals surface area contributed by atoms with E-state index < -0.39 is 6.43 Å². The zero-order valence-electron chi connectivity index (χ0n) is 15.9. The van der Waals surface area contributed by atoms with Crippen LogP contribution in [0.25, 0.3) is 11.3 Å². The normalized spacial score (nSPS) is 19.4. The third-order valence-corrected chi connectivity index (χ3v) is 5.80. The van der Waals surface area contributed by atoms with Crippen LogP contribution in [0.5, 0.6) is 0 Å². The van der Waals surface area contributed by atoms with Crippen molar-refractivity contribution in [1.29, 1.82) is 5.26 Å². The first-order valence-corrected chi connectivity index (χ1v) is 9.76. The fraction of sp³-hybridized carbons (Fsp3) is 0.476. The molecule has 2 aliphatic heterocycles. The Labute approximate surface area is 163 Å². The van der Waals surface area contributed by atoms with Crippen LogP contribution in [-0.2, 0) is 6.42 Å². The highest BCUT2D eigenvalue weighted by atomic mass is 19.3. The molecule has 2 aromatic rings. The number of nitrogens with zero attached hydrogens (tertiary/aromatic N) is 4. The van der Waals surface area contributed by atoms with Crippen LogP contribution in [0.2, 0.25) is 0 Å². The minimum Gasteiger partial charge on any atom is -0.351 e. The number of piperidine rings is 1. The average molecular weight is 383 g/mol. The molecule has 1 aromatic heterocycles. The van der Waals surface area contributed by atoms with Gasteiger partial charge in [-0.15, -0.1) is 10.2 Å². The van der Waals surface area contributed by atoms with Gasteiger partial charge in [-0.1, -0.05) is 6.07 Å². The number of benzene rings is 1. The molecular weight excluding hydrogens is 360 g/mol. The van der Waals surface area contributed by atoms with Gasteiger partial charge in [0.05, 0.1) is 17.3 Å². The molecule has 1 N–H and O–H groups in total. The molecule has 3 heterocycles. The lowest BCUT2D eigenvalue weighted by Gasteiger charge is -2.39. The second kappa shape index (κ2) is 7.80. The van der Waals surface area contributed by atoms with E-state index in [1.807, 2.05) is 13.0 Å². The predicted octanol–water partition coefficient (Wildman–Crippen LogP) is 3.77. The Bertz CT molecular complexity index is 916. The molecular formula is C21H23F2N5. The van der Waals surface area contributed by atoms with Gasteiger partial charge in [0, 0.05) is 35.8 Å². The summed E-state index contributed by atoms with van der Waals surface area (Å²) in [5, 5.41) is 21.4. The second-order valence-corrected chi connectivity index (χ2v) is 7.49. The highest BCUT2D eigenvalue weighted by Gasteiger charge is 2.29. The Hall–Kier alpha value is -2.59. The largest absolute Gasteiger partial charge is 0.351 e. The molecule has 146 valence electrons.